The van der Waals surface area contributed by atoms with E-state index in [2.05, 4.69) is 55.9 Å². The minimum Gasteiger partial charge on any atom is -0.453 e. The standard InChI is InChI=1S/C47H53F3N8O6/c1-22(2)38(55-45(61)63-5)43(59)57-21-27(47(48,49)50)19-36(57)41-51-20-34(53-41)32-14-13-28(30-8-7-9-31(30)32)24-10-12-29-25(16-24)11-15-33-40(29)54-42(52-33)37-18-26-17-35(26)58(37)44(60)39(23(3)4)56-46(62)64-6/h10-16,20,22-23,26-27,35-39H,7-9,17-19,21H2,1-6H3,(H,51,53)(H,52,54)(H,55,61)(H,56,62)/t26?,27-,35?,36-,37-,38-,39-/m0/s1. The van der Waals surface area contributed by atoms with Crippen LogP contribution in [0.4, 0.5) is 22.8 Å². The van der Waals surface area contributed by atoms with E-state index in [0.29, 0.717) is 11.6 Å². The lowest BCUT2D eigenvalue weighted by Crippen LogP contribution is -2.52. The Bertz CT molecular complexity index is 2660. The number of H-pyrrole nitrogens is 2. The van der Waals surface area contributed by atoms with E-state index in [4.69, 9.17) is 14.5 Å². The first-order valence-corrected chi connectivity index (χ1v) is 22.1. The van der Waals surface area contributed by atoms with Crippen molar-refractivity contribution in [2.45, 2.75) is 103 Å². The number of carbonyl (C=O) groups excluding carboxylic acids is 4. The fourth-order valence-corrected chi connectivity index (χ4v) is 10.4. The first-order valence-electron chi connectivity index (χ1n) is 22.1. The number of aromatic nitrogens is 4. The zero-order valence-electron chi connectivity index (χ0n) is 36.6. The van der Waals surface area contributed by atoms with Crippen molar-refractivity contribution in [2.24, 2.45) is 23.7 Å². The number of imidazole rings is 2. The molecular formula is C47H53F3N8O6. The SMILES string of the molecule is COC(=O)N[C@H](C(=O)N1C[C@@H](C(F)(F)F)C[C@H]1c1ncc(-c2ccc(-c3ccc4c(ccc5nc([C@@H]6CC7CC7N6C(=O)[C@@H](NC(=O)OC)C(C)C)[nH]c54)c3)c3c2CCC3)[nH]1)C(C)C. The van der Waals surface area contributed by atoms with Crippen LogP contribution < -0.4 is 10.6 Å². The number of amides is 4. The van der Waals surface area contributed by atoms with Gasteiger partial charge in [0.1, 0.15) is 23.7 Å². The highest BCUT2D eigenvalue weighted by atomic mass is 19.4. The lowest BCUT2D eigenvalue weighted by molar-refractivity contribution is -0.171. The van der Waals surface area contributed by atoms with Crippen molar-refractivity contribution in [2.75, 3.05) is 20.8 Å². The monoisotopic (exact) mass is 882 g/mol. The highest BCUT2D eigenvalue weighted by Crippen LogP contribution is 2.54. The van der Waals surface area contributed by atoms with Crippen molar-refractivity contribution in [3.8, 4) is 22.4 Å². The summed E-state index contributed by atoms with van der Waals surface area (Å²) in [4.78, 5) is 71.7. The number of fused-ring (bicyclic) bond motifs is 5. The summed E-state index contributed by atoms with van der Waals surface area (Å²) >= 11 is 0. The van der Waals surface area contributed by atoms with E-state index >= 15 is 0 Å². The average molecular weight is 883 g/mol. The third-order valence-electron chi connectivity index (χ3n) is 13.8. The number of carbonyl (C=O) groups is 4. The molecule has 4 aliphatic rings. The number of piperidine rings is 1. The summed E-state index contributed by atoms with van der Waals surface area (Å²) in [5, 5.41) is 7.26. The van der Waals surface area contributed by atoms with Gasteiger partial charge in [-0.2, -0.15) is 13.2 Å². The van der Waals surface area contributed by atoms with E-state index in [1.165, 1.54) is 17.6 Å². The van der Waals surface area contributed by atoms with Gasteiger partial charge in [0.2, 0.25) is 11.8 Å². The number of likely N-dealkylation sites (tertiary alicyclic amines) is 2. The Hall–Kier alpha value is -6.13. The Morgan fingerprint density at radius 3 is 2.14 bits per heavy atom. The molecule has 3 fully saturated rings. The lowest BCUT2D eigenvalue weighted by Gasteiger charge is -2.31. The van der Waals surface area contributed by atoms with E-state index in [9.17, 15) is 32.3 Å². The molecule has 9 rings (SSSR count). The van der Waals surface area contributed by atoms with Gasteiger partial charge < -0.3 is 39.9 Å². The van der Waals surface area contributed by atoms with Gasteiger partial charge in [0.15, 0.2) is 0 Å². The normalized spacial score (nSPS) is 22.5. The van der Waals surface area contributed by atoms with Gasteiger partial charge in [-0.3, -0.25) is 9.59 Å². The summed E-state index contributed by atoms with van der Waals surface area (Å²) in [7, 11) is 2.45. The molecule has 2 aliphatic carbocycles. The van der Waals surface area contributed by atoms with Crippen LogP contribution in [0.5, 0.6) is 0 Å². The number of nitrogens with zero attached hydrogens (tertiary/aromatic N) is 4. The van der Waals surface area contributed by atoms with Gasteiger partial charge in [-0.25, -0.2) is 19.6 Å². The molecule has 5 aromatic rings. The Labute approximate surface area is 368 Å². The maximum Gasteiger partial charge on any atom is 0.407 e. The minimum atomic E-state index is -4.53. The van der Waals surface area contributed by atoms with Crippen LogP contribution in [0.15, 0.2) is 48.7 Å². The predicted molar refractivity (Wildman–Crippen MR) is 232 cm³/mol. The van der Waals surface area contributed by atoms with Crippen molar-refractivity contribution in [1.29, 1.82) is 0 Å². The molecule has 4 N–H and O–H groups in total. The molecule has 2 aromatic heterocycles. The Morgan fingerprint density at radius 1 is 0.797 bits per heavy atom. The summed E-state index contributed by atoms with van der Waals surface area (Å²) in [6.45, 7) is 6.68. The van der Waals surface area contributed by atoms with Crippen molar-refractivity contribution in [3.05, 3.63) is 71.4 Å². The Morgan fingerprint density at radius 2 is 1.47 bits per heavy atom. The number of hydrogen-bond donors (Lipinski definition) is 4. The van der Waals surface area contributed by atoms with Gasteiger partial charge in [0, 0.05) is 23.5 Å². The van der Waals surface area contributed by atoms with Crippen LogP contribution in [-0.2, 0) is 31.9 Å². The highest BCUT2D eigenvalue weighted by Gasteiger charge is 2.56. The number of alkyl carbamates (subject to hydrolysis) is 2. The smallest absolute Gasteiger partial charge is 0.407 e. The summed E-state index contributed by atoms with van der Waals surface area (Å²) in [6, 6.07) is 11.6. The van der Waals surface area contributed by atoms with Crippen LogP contribution in [-0.4, -0.2) is 98.8 Å². The molecule has 4 amide bonds. The van der Waals surface area contributed by atoms with Crippen molar-refractivity contribution in [1.82, 2.24) is 40.4 Å². The summed E-state index contributed by atoms with van der Waals surface area (Å²) in [6.07, 6.45) is -0.382. The summed E-state index contributed by atoms with van der Waals surface area (Å²) in [5.74, 6) is -1.67. The molecule has 338 valence electrons. The van der Waals surface area contributed by atoms with Crippen LogP contribution in [0.1, 0.15) is 88.2 Å². The molecule has 3 aromatic carbocycles. The fraction of sp³-hybridized carbons (Fsp3) is 0.489. The number of halogens is 3. The number of rotatable bonds is 10. The third-order valence-corrected chi connectivity index (χ3v) is 13.8. The van der Waals surface area contributed by atoms with E-state index in [-0.39, 0.29) is 36.2 Å². The molecule has 17 heteroatoms. The summed E-state index contributed by atoms with van der Waals surface area (Å²) < 4.78 is 52.0. The minimum absolute atomic E-state index is 0.120. The molecule has 0 radical (unpaired) electrons. The van der Waals surface area contributed by atoms with Crippen LogP contribution in [0.3, 0.4) is 0 Å². The van der Waals surface area contributed by atoms with Gasteiger partial charge in [0.05, 0.1) is 55.1 Å². The number of nitrogens with one attached hydrogen (secondary N) is 4. The van der Waals surface area contributed by atoms with Gasteiger partial charge in [-0.15, -0.1) is 0 Å². The zero-order valence-corrected chi connectivity index (χ0v) is 36.6. The second kappa shape index (κ2) is 16.5. The van der Waals surface area contributed by atoms with E-state index in [1.807, 2.05) is 30.9 Å². The van der Waals surface area contributed by atoms with Gasteiger partial charge in [-0.1, -0.05) is 58.0 Å². The first-order chi connectivity index (χ1) is 30.6. The van der Waals surface area contributed by atoms with Crippen molar-refractivity contribution < 1.29 is 41.8 Å². The number of benzene rings is 3. The topological polar surface area (TPSA) is 175 Å². The molecule has 64 heavy (non-hydrogen) atoms. The quantitative estimate of drug-likeness (QED) is 0.109. The van der Waals surface area contributed by atoms with E-state index in [0.717, 1.165) is 89.1 Å². The third kappa shape index (κ3) is 7.69. The largest absolute Gasteiger partial charge is 0.453 e. The van der Waals surface area contributed by atoms with Crippen LogP contribution in [0.2, 0.25) is 0 Å². The number of hydrogen-bond acceptors (Lipinski definition) is 8. The molecule has 0 bridgehead atoms. The second-order valence-corrected chi connectivity index (χ2v) is 18.4. The maximum absolute atomic E-state index is 14.2. The Balaban J connectivity index is 0.987. The van der Waals surface area contributed by atoms with Crippen LogP contribution in [0.25, 0.3) is 44.2 Å². The van der Waals surface area contributed by atoms with Gasteiger partial charge >= 0.3 is 18.4 Å². The van der Waals surface area contributed by atoms with Crippen molar-refractivity contribution in [3.63, 3.8) is 0 Å². The van der Waals surface area contributed by atoms with Crippen LogP contribution in [0, 0.1) is 23.7 Å². The molecule has 2 saturated heterocycles. The molecule has 2 aliphatic heterocycles. The van der Waals surface area contributed by atoms with Crippen LogP contribution >= 0.6 is 0 Å². The number of alkyl halides is 3. The van der Waals surface area contributed by atoms with E-state index < -0.39 is 60.8 Å². The van der Waals surface area contributed by atoms with Gasteiger partial charge in [0.25, 0.3) is 0 Å². The average Bonchev–Trinajstić information content (AvgIpc) is 3.93. The number of aromatic amines is 2. The Kier molecular flexibility index (Phi) is 11.1. The molecular weight excluding hydrogens is 830 g/mol. The number of methoxy groups -OCH3 is 2. The fourth-order valence-electron chi connectivity index (χ4n) is 10.4. The summed E-state index contributed by atoms with van der Waals surface area (Å²) in [5.41, 5.74) is 7.75. The molecule has 7 atom stereocenters. The molecule has 4 heterocycles. The molecule has 1 saturated carbocycles. The molecule has 14 nitrogen and oxygen atoms in total. The lowest BCUT2D eigenvalue weighted by atomic mass is 9.91. The zero-order chi connectivity index (χ0) is 45.4. The van der Waals surface area contributed by atoms with Crippen molar-refractivity contribution >= 4 is 45.8 Å². The van der Waals surface area contributed by atoms with E-state index in [1.54, 1.807) is 20.0 Å². The second-order valence-electron chi connectivity index (χ2n) is 18.4. The maximum atomic E-state index is 14.2. The van der Waals surface area contributed by atoms with Gasteiger partial charge in [-0.05, 0) is 96.1 Å². The first kappa shape index (κ1) is 43.1. The molecule has 2 unspecified atom stereocenters. The highest BCUT2D eigenvalue weighted by molar-refractivity contribution is 6.05. The molecule has 0 spiro atoms. The predicted octanol–water partition coefficient (Wildman–Crippen LogP) is 8.14. The number of ether oxygens (including phenoxy) is 2.